The Bertz CT molecular complexity index is 1240. The minimum Gasteiger partial charge on any atom is -0.457 e. The van der Waals surface area contributed by atoms with Gasteiger partial charge in [-0.2, -0.15) is 0 Å². The molecular formula is C59H98O4. The summed E-state index contributed by atoms with van der Waals surface area (Å²) in [5.41, 5.74) is 0. The highest BCUT2D eigenvalue weighted by molar-refractivity contribution is 5.69. The van der Waals surface area contributed by atoms with E-state index in [4.69, 9.17) is 9.47 Å². The molecule has 0 aliphatic rings. The van der Waals surface area contributed by atoms with Crippen molar-refractivity contribution in [2.45, 2.75) is 225 Å². The molecule has 4 nitrogen and oxygen atoms in total. The number of aliphatic hydroxyl groups excluding tert-OH is 1. The Morgan fingerprint density at radius 2 is 0.667 bits per heavy atom. The third-order valence-corrected chi connectivity index (χ3v) is 10.8. The first-order valence-electron chi connectivity index (χ1n) is 26.1. The number of unbranched alkanes of at least 4 members (excludes halogenated alkanes) is 19. The van der Waals surface area contributed by atoms with Crippen molar-refractivity contribution < 1.29 is 19.4 Å². The molecule has 358 valence electrons. The molecule has 1 unspecified atom stereocenters. The summed E-state index contributed by atoms with van der Waals surface area (Å²) < 4.78 is 11.2. The smallest absolute Gasteiger partial charge is 0.306 e. The molecule has 0 aliphatic carbocycles. The Morgan fingerprint density at radius 3 is 1.00 bits per heavy atom. The summed E-state index contributed by atoms with van der Waals surface area (Å²) in [4.78, 5) is 12.3. The minimum atomic E-state index is -0.552. The molecule has 0 saturated heterocycles. The normalized spacial score (nSPS) is 13.4. The lowest BCUT2D eigenvalue weighted by Gasteiger charge is -2.16. The van der Waals surface area contributed by atoms with E-state index in [1.165, 1.54) is 109 Å². The molecule has 0 aromatic rings. The lowest BCUT2D eigenvalue weighted by molar-refractivity contribution is -0.154. The molecule has 0 bridgehead atoms. The highest BCUT2D eigenvalue weighted by atomic mass is 16.6. The highest BCUT2D eigenvalue weighted by Gasteiger charge is 2.13. The predicted molar refractivity (Wildman–Crippen MR) is 278 cm³/mol. The molecule has 4 heteroatoms. The van der Waals surface area contributed by atoms with E-state index >= 15 is 0 Å². The Morgan fingerprint density at radius 1 is 0.381 bits per heavy atom. The molecule has 1 atom stereocenters. The topological polar surface area (TPSA) is 55.8 Å². The first-order chi connectivity index (χ1) is 31.2. The molecular weight excluding hydrogens is 773 g/mol. The number of carbonyl (C=O) groups is 1. The average Bonchev–Trinajstić information content (AvgIpc) is 3.29. The van der Waals surface area contributed by atoms with E-state index in [0.717, 1.165) is 89.9 Å². The number of allylic oxidation sites excluding steroid dienone is 20. The predicted octanol–water partition coefficient (Wildman–Crippen LogP) is 18.0. The van der Waals surface area contributed by atoms with Crippen LogP contribution in [0.4, 0.5) is 0 Å². The zero-order chi connectivity index (χ0) is 45.5. The lowest BCUT2D eigenvalue weighted by Crippen LogP contribution is -2.27. The van der Waals surface area contributed by atoms with Gasteiger partial charge in [0.25, 0.3) is 0 Å². The molecule has 1 N–H and O–H groups in total. The van der Waals surface area contributed by atoms with E-state index in [-0.39, 0.29) is 19.2 Å². The van der Waals surface area contributed by atoms with Gasteiger partial charge < -0.3 is 14.6 Å². The van der Waals surface area contributed by atoms with Crippen molar-refractivity contribution in [3.63, 3.8) is 0 Å². The number of hydrogen-bond donors (Lipinski definition) is 1. The van der Waals surface area contributed by atoms with Gasteiger partial charge in [-0.3, -0.25) is 4.79 Å². The van der Waals surface area contributed by atoms with Crippen LogP contribution in [0, 0.1) is 0 Å². The van der Waals surface area contributed by atoms with E-state index < -0.39 is 6.10 Å². The number of rotatable bonds is 47. The van der Waals surface area contributed by atoms with Gasteiger partial charge in [-0.25, -0.2) is 0 Å². The van der Waals surface area contributed by atoms with Crippen LogP contribution in [0.1, 0.15) is 219 Å². The van der Waals surface area contributed by atoms with Crippen molar-refractivity contribution >= 4 is 5.97 Å². The fraction of sp³-hybridized carbons (Fsp3) is 0.644. The van der Waals surface area contributed by atoms with Crippen LogP contribution < -0.4 is 0 Å². The second-order valence-corrected chi connectivity index (χ2v) is 16.8. The van der Waals surface area contributed by atoms with Gasteiger partial charge in [0, 0.05) is 13.0 Å². The van der Waals surface area contributed by atoms with E-state index in [9.17, 15) is 9.90 Å². The molecule has 0 aromatic heterocycles. The Balaban J connectivity index is 3.49. The van der Waals surface area contributed by atoms with Crippen LogP contribution in [0.5, 0.6) is 0 Å². The fourth-order valence-corrected chi connectivity index (χ4v) is 6.97. The van der Waals surface area contributed by atoms with Gasteiger partial charge in [0.1, 0.15) is 6.10 Å². The SMILES string of the molecule is CC/C=C\C/C=C\C/C=C\C/C=C\C/C=C\C/C=C\CCCCCCCCCOCC(CO)OC(=O)CCCCCCCCCCCCCC/C=C\C/C=C\C/C=C\C/C=C\CC. The summed E-state index contributed by atoms with van der Waals surface area (Å²) in [6.45, 7) is 5.09. The summed E-state index contributed by atoms with van der Waals surface area (Å²) in [6, 6.07) is 0. The lowest BCUT2D eigenvalue weighted by atomic mass is 10.0. The molecule has 63 heavy (non-hydrogen) atoms. The highest BCUT2D eigenvalue weighted by Crippen LogP contribution is 2.14. The monoisotopic (exact) mass is 871 g/mol. The minimum absolute atomic E-state index is 0.184. The quantitative estimate of drug-likeness (QED) is 0.0376. The van der Waals surface area contributed by atoms with Crippen LogP contribution in [-0.2, 0) is 14.3 Å². The summed E-state index contributed by atoms with van der Waals surface area (Å²) in [6.07, 6.45) is 81.5. The van der Waals surface area contributed by atoms with E-state index in [2.05, 4.69) is 135 Å². The molecule has 0 rings (SSSR count). The van der Waals surface area contributed by atoms with Gasteiger partial charge in [-0.1, -0.05) is 232 Å². The van der Waals surface area contributed by atoms with Crippen LogP contribution >= 0.6 is 0 Å². The van der Waals surface area contributed by atoms with Gasteiger partial charge in [0.15, 0.2) is 0 Å². The van der Waals surface area contributed by atoms with Crippen LogP contribution in [0.2, 0.25) is 0 Å². The summed E-state index contributed by atoms with van der Waals surface area (Å²) >= 11 is 0. The average molecular weight is 871 g/mol. The number of esters is 1. The Labute approximate surface area is 390 Å². The molecule has 0 heterocycles. The maximum absolute atomic E-state index is 12.3. The number of hydrogen-bond acceptors (Lipinski definition) is 4. The second-order valence-electron chi connectivity index (χ2n) is 16.8. The van der Waals surface area contributed by atoms with Gasteiger partial charge in [0.05, 0.1) is 13.2 Å². The third-order valence-electron chi connectivity index (χ3n) is 10.8. The molecule has 0 amide bonds. The molecule has 0 aliphatic heterocycles. The van der Waals surface area contributed by atoms with Crippen molar-refractivity contribution in [3.05, 3.63) is 122 Å². The van der Waals surface area contributed by atoms with Gasteiger partial charge in [-0.15, -0.1) is 0 Å². The van der Waals surface area contributed by atoms with Crippen molar-refractivity contribution in [1.82, 2.24) is 0 Å². The zero-order valence-corrected chi connectivity index (χ0v) is 41.0. The molecule has 0 aromatic carbocycles. The Hall–Kier alpha value is -3.21. The molecule has 0 saturated carbocycles. The summed E-state index contributed by atoms with van der Waals surface area (Å²) in [5.74, 6) is -0.211. The summed E-state index contributed by atoms with van der Waals surface area (Å²) in [7, 11) is 0. The third kappa shape index (κ3) is 53.0. The van der Waals surface area contributed by atoms with Gasteiger partial charge in [0.2, 0.25) is 0 Å². The largest absolute Gasteiger partial charge is 0.457 e. The van der Waals surface area contributed by atoms with Crippen molar-refractivity contribution in [1.29, 1.82) is 0 Å². The fourth-order valence-electron chi connectivity index (χ4n) is 6.97. The van der Waals surface area contributed by atoms with Crippen LogP contribution in [0.25, 0.3) is 0 Å². The zero-order valence-electron chi connectivity index (χ0n) is 41.0. The first kappa shape index (κ1) is 59.8. The number of ether oxygens (including phenoxy) is 2. The van der Waals surface area contributed by atoms with E-state index in [1.807, 2.05) is 0 Å². The Kier molecular flexibility index (Phi) is 52.1. The van der Waals surface area contributed by atoms with Crippen LogP contribution in [0.15, 0.2) is 122 Å². The van der Waals surface area contributed by atoms with Crippen molar-refractivity contribution in [2.24, 2.45) is 0 Å². The van der Waals surface area contributed by atoms with Crippen molar-refractivity contribution in [2.75, 3.05) is 19.8 Å². The van der Waals surface area contributed by atoms with E-state index in [1.54, 1.807) is 0 Å². The van der Waals surface area contributed by atoms with Gasteiger partial charge >= 0.3 is 5.97 Å². The second kappa shape index (κ2) is 54.9. The molecule has 0 radical (unpaired) electrons. The van der Waals surface area contributed by atoms with E-state index in [0.29, 0.717) is 13.0 Å². The standard InChI is InChI=1S/C59H98O4/c1-3-5-7-9-11-13-15-17-19-21-23-25-27-29-31-33-35-37-39-41-43-45-47-49-51-53-55-62-57-58(56-60)63-59(61)54-52-50-48-46-44-42-40-38-36-34-32-30-28-26-24-22-20-18-16-14-12-10-8-6-4-2/h5-8,11-14,17-20,23-26,29,31,35,37,58,60H,3-4,9-10,15-16,21-22,27-28,30,32-34,36,38-57H2,1-2H3/b7-5-,8-6-,13-11-,14-12-,19-17-,20-18-,25-23-,26-24-,31-29-,37-35-. The number of aliphatic hydroxyl groups is 1. The molecule has 0 fully saturated rings. The maximum atomic E-state index is 12.3. The van der Waals surface area contributed by atoms with Crippen molar-refractivity contribution in [3.8, 4) is 0 Å². The number of carbonyl (C=O) groups excluding carboxylic acids is 1. The molecule has 0 spiro atoms. The van der Waals surface area contributed by atoms with Gasteiger partial charge in [-0.05, 0) is 103 Å². The van der Waals surface area contributed by atoms with Crippen LogP contribution in [-0.4, -0.2) is 37.0 Å². The summed E-state index contributed by atoms with van der Waals surface area (Å²) in [5, 5.41) is 9.66. The maximum Gasteiger partial charge on any atom is 0.306 e. The first-order valence-corrected chi connectivity index (χ1v) is 26.1. The van der Waals surface area contributed by atoms with Crippen LogP contribution in [0.3, 0.4) is 0 Å².